The molecule has 1 N–H and O–H groups in total. The van der Waals surface area contributed by atoms with Gasteiger partial charge in [-0.05, 0) is 59.7 Å². The van der Waals surface area contributed by atoms with Crippen molar-refractivity contribution >= 4 is 5.97 Å². The lowest BCUT2D eigenvalue weighted by Gasteiger charge is -2.10. The minimum Gasteiger partial charge on any atom is -0.478 e. The summed E-state index contributed by atoms with van der Waals surface area (Å²) in [7, 11) is 0. The minimum atomic E-state index is -0.978. The van der Waals surface area contributed by atoms with E-state index in [2.05, 4.69) is 21.0 Å². The second-order valence-electron chi connectivity index (χ2n) is 6.24. The van der Waals surface area contributed by atoms with Crippen molar-refractivity contribution in [1.82, 2.24) is 15.0 Å². The van der Waals surface area contributed by atoms with Gasteiger partial charge in [0, 0.05) is 12.4 Å². The van der Waals surface area contributed by atoms with Crippen LogP contribution in [0, 0.1) is 11.3 Å². The number of rotatable bonds is 4. The van der Waals surface area contributed by atoms with Gasteiger partial charge in [0.2, 0.25) is 0 Å². The van der Waals surface area contributed by atoms with Crippen LogP contribution in [-0.2, 0) is 0 Å². The molecule has 3 aromatic heterocycles. The average Bonchev–Trinajstić information content (AvgIpc) is 2.79. The summed E-state index contributed by atoms with van der Waals surface area (Å²) in [4.78, 5) is 24.5. The number of carboxylic acid groups (broad SMARTS) is 1. The molecule has 0 fully saturated rings. The molecular weight excluding hydrogens is 364 g/mol. The fourth-order valence-electron chi connectivity index (χ4n) is 2.97. The Labute approximate surface area is 166 Å². The van der Waals surface area contributed by atoms with Crippen LogP contribution in [0.3, 0.4) is 0 Å². The van der Waals surface area contributed by atoms with Crippen LogP contribution in [-0.4, -0.2) is 26.0 Å². The standard InChI is InChI=1S/C23H14N4O2/c24-14-17-4-3-11-26-22(17)21-13-18(15-6-8-16(9-7-15)23(28)29)12-20(27-21)19-5-1-2-10-25-19/h1-13H,(H,28,29). The van der Waals surface area contributed by atoms with E-state index in [-0.39, 0.29) is 5.56 Å². The van der Waals surface area contributed by atoms with Crippen molar-refractivity contribution in [2.24, 2.45) is 0 Å². The van der Waals surface area contributed by atoms with E-state index in [1.807, 2.05) is 30.3 Å². The number of aromatic nitrogens is 3. The Bertz CT molecular complexity index is 1230. The highest BCUT2D eigenvalue weighted by Crippen LogP contribution is 2.30. The Balaban J connectivity index is 1.91. The Morgan fingerprint density at radius 3 is 2.28 bits per heavy atom. The summed E-state index contributed by atoms with van der Waals surface area (Å²) in [5.74, 6) is -0.978. The highest BCUT2D eigenvalue weighted by Gasteiger charge is 2.13. The topological polar surface area (TPSA) is 99.8 Å². The van der Waals surface area contributed by atoms with Gasteiger partial charge in [0.1, 0.15) is 11.8 Å². The number of nitrogens with zero attached hydrogens (tertiary/aromatic N) is 4. The Hall–Kier alpha value is -4.37. The second kappa shape index (κ2) is 7.71. The van der Waals surface area contributed by atoms with Gasteiger partial charge in [0.15, 0.2) is 0 Å². The summed E-state index contributed by atoms with van der Waals surface area (Å²) in [6.07, 6.45) is 3.30. The lowest BCUT2D eigenvalue weighted by molar-refractivity contribution is 0.0697. The summed E-state index contributed by atoms with van der Waals surface area (Å²) < 4.78 is 0. The van der Waals surface area contributed by atoms with Crippen LogP contribution in [0.2, 0.25) is 0 Å². The first-order chi connectivity index (χ1) is 14.2. The van der Waals surface area contributed by atoms with E-state index in [1.54, 1.807) is 48.8 Å². The second-order valence-corrected chi connectivity index (χ2v) is 6.24. The maximum absolute atomic E-state index is 11.1. The SMILES string of the molecule is N#Cc1cccnc1-c1cc(-c2ccc(C(=O)O)cc2)cc(-c2ccccn2)n1. The fraction of sp³-hybridized carbons (Fsp3) is 0. The molecule has 0 aliphatic rings. The van der Waals surface area contributed by atoms with E-state index >= 15 is 0 Å². The molecule has 0 atom stereocenters. The zero-order valence-corrected chi connectivity index (χ0v) is 15.1. The van der Waals surface area contributed by atoms with Gasteiger partial charge in [-0.15, -0.1) is 0 Å². The molecule has 138 valence electrons. The molecule has 0 unspecified atom stereocenters. The van der Waals surface area contributed by atoms with Gasteiger partial charge >= 0.3 is 5.97 Å². The highest BCUT2D eigenvalue weighted by molar-refractivity contribution is 5.88. The van der Waals surface area contributed by atoms with Crippen LogP contribution in [0.15, 0.2) is 79.1 Å². The van der Waals surface area contributed by atoms with Crippen molar-refractivity contribution in [1.29, 1.82) is 5.26 Å². The summed E-state index contributed by atoms with van der Waals surface area (Å²) in [6.45, 7) is 0. The van der Waals surface area contributed by atoms with Gasteiger partial charge in [-0.25, -0.2) is 9.78 Å². The molecule has 4 aromatic rings. The largest absolute Gasteiger partial charge is 0.478 e. The van der Waals surface area contributed by atoms with Gasteiger partial charge in [-0.3, -0.25) is 9.97 Å². The zero-order valence-electron chi connectivity index (χ0n) is 15.1. The maximum atomic E-state index is 11.1. The van der Waals surface area contributed by atoms with Gasteiger partial charge < -0.3 is 5.11 Å². The molecule has 0 bridgehead atoms. The van der Waals surface area contributed by atoms with Gasteiger partial charge in [-0.2, -0.15) is 5.26 Å². The zero-order chi connectivity index (χ0) is 20.2. The first kappa shape index (κ1) is 18.0. The molecule has 6 heteroatoms. The van der Waals surface area contributed by atoms with Crippen molar-refractivity contribution in [3.05, 3.63) is 90.3 Å². The Morgan fingerprint density at radius 2 is 1.59 bits per heavy atom. The summed E-state index contributed by atoms with van der Waals surface area (Å²) in [5.41, 5.74) is 4.63. The third-order valence-electron chi connectivity index (χ3n) is 4.39. The number of carbonyl (C=O) groups is 1. The molecule has 4 rings (SSSR count). The first-order valence-corrected chi connectivity index (χ1v) is 8.78. The summed E-state index contributed by atoms with van der Waals surface area (Å²) in [5, 5.41) is 18.6. The normalized spacial score (nSPS) is 10.3. The summed E-state index contributed by atoms with van der Waals surface area (Å²) >= 11 is 0. The maximum Gasteiger partial charge on any atom is 0.335 e. The molecule has 0 radical (unpaired) electrons. The van der Waals surface area contributed by atoms with Crippen LogP contribution in [0.1, 0.15) is 15.9 Å². The van der Waals surface area contributed by atoms with Crippen LogP contribution < -0.4 is 0 Å². The number of aromatic carboxylic acids is 1. The van der Waals surface area contributed by atoms with Crippen LogP contribution >= 0.6 is 0 Å². The van der Waals surface area contributed by atoms with E-state index in [0.29, 0.717) is 28.3 Å². The van der Waals surface area contributed by atoms with Crippen LogP contribution in [0.4, 0.5) is 0 Å². The van der Waals surface area contributed by atoms with Crippen molar-refractivity contribution in [2.75, 3.05) is 0 Å². The Morgan fingerprint density at radius 1 is 0.828 bits per heavy atom. The quantitative estimate of drug-likeness (QED) is 0.563. The predicted octanol–water partition coefficient (Wildman–Crippen LogP) is 4.44. The molecule has 0 amide bonds. The molecule has 0 aliphatic carbocycles. The van der Waals surface area contributed by atoms with E-state index in [0.717, 1.165) is 11.1 Å². The highest BCUT2D eigenvalue weighted by atomic mass is 16.4. The molecule has 0 saturated heterocycles. The number of pyridine rings is 3. The van der Waals surface area contributed by atoms with E-state index in [1.165, 1.54) is 0 Å². The number of nitriles is 1. The number of benzene rings is 1. The fourth-order valence-corrected chi connectivity index (χ4v) is 2.97. The predicted molar refractivity (Wildman–Crippen MR) is 108 cm³/mol. The third-order valence-corrected chi connectivity index (χ3v) is 4.39. The van der Waals surface area contributed by atoms with E-state index < -0.39 is 5.97 Å². The minimum absolute atomic E-state index is 0.212. The van der Waals surface area contributed by atoms with Crippen molar-refractivity contribution < 1.29 is 9.90 Å². The van der Waals surface area contributed by atoms with Crippen molar-refractivity contribution in [2.45, 2.75) is 0 Å². The first-order valence-electron chi connectivity index (χ1n) is 8.78. The van der Waals surface area contributed by atoms with Gasteiger partial charge in [-0.1, -0.05) is 18.2 Å². The monoisotopic (exact) mass is 378 g/mol. The van der Waals surface area contributed by atoms with Crippen molar-refractivity contribution in [3.63, 3.8) is 0 Å². The summed E-state index contributed by atoms with van der Waals surface area (Å²) in [6, 6.07) is 21.4. The number of hydrogen-bond acceptors (Lipinski definition) is 5. The van der Waals surface area contributed by atoms with Crippen LogP contribution in [0.5, 0.6) is 0 Å². The molecule has 0 saturated carbocycles. The lowest BCUT2D eigenvalue weighted by Crippen LogP contribution is -1.97. The molecule has 0 aliphatic heterocycles. The van der Waals surface area contributed by atoms with Crippen molar-refractivity contribution in [3.8, 4) is 40.0 Å². The molecule has 29 heavy (non-hydrogen) atoms. The van der Waals surface area contributed by atoms with Gasteiger partial charge in [0.05, 0.1) is 28.2 Å². The Kier molecular flexibility index (Phi) is 4.79. The third kappa shape index (κ3) is 3.70. The molecular formula is C23H14N4O2. The average molecular weight is 378 g/mol. The molecule has 3 heterocycles. The lowest BCUT2D eigenvalue weighted by atomic mass is 10.0. The number of hydrogen-bond donors (Lipinski definition) is 1. The molecule has 0 spiro atoms. The van der Waals surface area contributed by atoms with E-state index in [4.69, 9.17) is 5.11 Å². The van der Waals surface area contributed by atoms with Crippen LogP contribution in [0.25, 0.3) is 33.9 Å². The smallest absolute Gasteiger partial charge is 0.335 e. The van der Waals surface area contributed by atoms with E-state index in [9.17, 15) is 10.1 Å². The number of carboxylic acids is 1. The molecule has 6 nitrogen and oxygen atoms in total. The van der Waals surface area contributed by atoms with Gasteiger partial charge in [0.25, 0.3) is 0 Å². The molecule has 1 aromatic carbocycles.